The Morgan fingerprint density at radius 1 is 0.290 bits per heavy atom. The molecule has 0 aliphatic rings. The number of carbonyl (C=O) groups is 4. The number of hydrogen-bond acceptors (Lipinski definition) is 15. The Kier molecular flexibility index (Phi) is 69.9. The molecule has 0 heterocycles. The Hall–Kier alpha value is -1.94. The van der Waals surface area contributed by atoms with Crippen LogP contribution in [0.2, 0.25) is 0 Å². The van der Waals surface area contributed by atoms with Gasteiger partial charge in [-0.05, 0) is 43.4 Å². The minimum absolute atomic E-state index is 0.102. The van der Waals surface area contributed by atoms with Crippen LogP contribution in [0.4, 0.5) is 0 Å². The molecule has 0 aromatic heterocycles. The van der Waals surface area contributed by atoms with Crippen molar-refractivity contribution in [3.05, 3.63) is 0 Å². The van der Waals surface area contributed by atoms with Gasteiger partial charge in [0.1, 0.15) is 19.3 Å². The van der Waals surface area contributed by atoms with Crippen molar-refractivity contribution in [1.29, 1.82) is 0 Å². The van der Waals surface area contributed by atoms with Crippen molar-refractivity contribution < 1.29 is 80.2 Å². The fourth-order valence-electron chi connectivity index (χ4n) is 12.5. The summed E-state index contributed by atoms with van der Waals surface area (Å²) in [5.74, 6) is 0.0929. The summed E-state index contributed by atoms with van der Waals surface area (Å²) in [4.78, 5) is 72.9. The van der Waals surface area contributed by atoms with E-state index in [1.165, 1.54) is 225 Å². The predicted octanol–water partition coefficient (Wildman–Crippen LogP) is 24.1. The predicted molar refractivity (Wildman–Crippen MR) is 409 cm³/mol. The van der Waals surface area contributed by atoms with E-state index in [1.54, 1.807) is 0 Å². The van der Waals surface area contributed by atoms with Crippen LogP contribution < -0.4 is 0 Å². The lowest BCUT2D eigenvalue weighted by Crippen LogP contribution is -2.30. The zero-order chi connectivity index (χ0) is 73.7. The summed E-state index contributed by atoms with van der Waals surface area (Å²) < 4.78 is 68.6. The van der Waals surface area contributed by atoms with Crippen molar-refractivity contribution in [2.45, 2.75) is 439 Å². The van der Waals surface area contributed by atoms with Crippen molar-refractivity contribution in [2.24, 2.45) is 17.8 Å². The zero-order valence-electron chi connectivity index (χ0n) is 65.7. The quantitative estimate of drug-likeness (QED) is 0.0222. The third kappa shape index (κ3) is 73.0. The van der Waals surface area contributed by atoms with Crippen LogP contribution in [0.3, 0.4) is 0 Å². The molecular weight excluding hydrogens is 1310 g/mol. The number of aliphatic hydroxyl groups is 1. The lowest BCUT2D eigenvalue weighted by Gasteiger charge is -2.21. The molecule has 0 aromatic carbocycles. The fourth-order valence-corrected chi connectivity index (χ4v) is 14.0. The van der Waals surface area contributed by atoms with Gasteiger partial charge in [-0.1, -0.05) is 370 Å². The molecule has 0 amide bonds. The first-order valence-electron chi connectivity index (χ1n) is 41.9. The highest BCUT2D eigenvalue weighted by molar-refractivity contribution is 7.47. The third-order valence-corrected chi connectivity index (χ3v) is 21.1. The van der Waals surface area contributed by atoms with Crippen LogP contribution in [0.25, 0.3) is 0 Å². The molecule has 594 valence electrons. The van der Waals surface area contributed by atoms with Crippen LogP contribution in [-0.2, 0) is 65.4 Å². The monoisotopic (exact) mass is 1470 g/mol. The van der Waals surface area contributed by atoms with Crippen LogP contribution in [0.15, 0.2) is 0 Å². The van der Waals surface area contributed by atoms with Crippen LogP contribution in [0.1, 0.15) is 421 Å². The Morgan fingerprint density at radius 3 is 0.760 bits per heavy atom. The first kappa shape index (κ1) is 98.1. The minimum Gasteiger partial charge on any atom is -0.462 e. The standard InChI is InChI=1S/C81H158O17P2/c1-8-10-11-12-13-14-15-16-17-18-19-20-21-22-23-28-31-34-37-40-50-57-64-80(85)97-76(68-91-78(83)62-55-48-39-36-33-30-27-25-24-26-29-32-35-38-45-52-59-72(3)4)70-95-99(87,88)93-66-75(82)67-94-100(89,90)96-71-77(69-92-79(84)63-56-49-43-41-46-53-60-73(5)6)98-81(86)65-58-51-44-42-47-54-61-74(7)9-2/h72-77,82H,8-71H2,1-7H3,(H,87,88)(H,89,90)/t74?,75-,76-,77-/m1/s1. The van der Waals surface area contributed by atoms with Gasteiger partial charge in [0.25, 0.3) is 0 Å². The summed E-state index contributed by atoms with van der Waals surface area (Å²) >= 11 is 0. The molecule has 0 aromatic rings. The highest BCUT2D eigenvalue weighted by Crippen LogP contribution is 2.45. The van der Waals surface area contributed by atoms with Crippen molar-refractivity contribution in [1.82, 2.24) is 0 Å². The molecule has 0 fully saturated rings. The van der Waals surface area contributed by atoms with Crippen molar-refractivity contribution in [3.8, 4) is 0 Å². The smallest absolute Gasteiger partial charge is 0.462 e. The maximum absolute atomic E-state index is 13.1. The van der Waals surface area contributed by atoms with Crippen molar-refractivity contribution in [2.75, 3.05) is 39.6 Å². The van der Waals surface area contributed by atoms with Gasteiger partial charge in [0.15, 0.2) is 12.2 Å². The van der Waals surface area contributed by atoms with Gasteiger partial charge in [-0.3, -0.25) is 37.3 Å². The van der Waals surface area contributed by atoms with Crippen molar-refractivity contribution >= 4 is 39.5 Å². The summed E-state index contributed by atoms with van der Waals surface area (Å²) in [5.41, 5.74) is 0. The summed E-state index contributed by atoms with van der Waals surface area (Å²) in [6.45, 7) is 11.8. The van der Waals surface area contributed by atoms with Crippen LogP contribution in [0, 0.1) is 17.8 Å². The van der Waals surface area contributed by atoms with E-state index in [9.17, 15) is 43.2 Å². The van der Waals surface area contributed by atoms with Crippen LogP contribution in [-0.4, -0.2) is 96.7 Å². The van der Waals surface area contributed by atoms with Crippen LogP contribution in [0.5, 0.6) is 0 Å². The number of esters is 4. The maximum Gasteiger partial charge on any atom is 0.472 e. The summed E-state index contributed by atoms with van der Waals surface area (Å²) in [6.07, 6.45) is 60.2. The third-order valence-electron chi connectivity index (χ3n) is 19.2. The number of ether oxygens (including phenoxy) is 4. The number of phosphoric ester groups is 2. The van der Waals surface area contributed by atoms with Crippen molar-refractivity contribution in [3.63, 3.8) is 0 Å². The molecule has 0 radical (unpaired) electrons. The van der Waals surface area contributed by atoms with Gasteiger partial charge in [-0.25, -0.2) is 9.13 Å². The van der Waals surface area contributed by atoms with E-state index in [0.29, 0.717) is 31.6 Å². The number of rotatable bonds is 79. The maximum atomic E-state index is 13.1. The van der Waals surface area contributed by atoms with E-state index in [1.807, 2.05) is 0 Å². The number of carbonyl (C=O) groups excluding carboxylic acids is 4. The molecule has 6 atom stereocenters. The van der Waals surface area contributed by atoms with Crippen LogP contribution >= 0.6 is 15.6 Å². The van der Waals surface area contributed by atoms with E-state index < -0.39 is 97.5 Å². The van der Waals surface area contributed by atoms with E-state index >= 15 is 0 Å². The molecule has 0 aliphatic carbocycles. The molecule has 0 rings (SSSR count). The lowest BCUT2D eigenvalue weighted by atomic mass is 10.00. The molecule has 0 bridgehead atoms. The molecule has 0 aliphatic heterocycles. The Labute approximate surface area is 613 Å². The molecule has 19 heteroatoms. The van der Waals surface area contributed by atoms with E-state index in [0.717, 1.165) is 108 Å². The molecule has 0 saturated carbocycles. The fraction of sp³-hybridized carbons (Fsp3) is 0.951. The largest absolute Gasteiger partial charge is 0.472 e. The summed E-state index contributed by atoms with van der Waals surface area (Å²) in [6, 6.07) is 0. The second-order valence-corrected chi connectivity index (χ2v) is 33.3. The average molecular weight is 1470 g/mol. The number of aliphatic hydroxyl groups excluding tert-OH is 1. The second kappa shape index (κ2) is 71.3. The van der Waals surface area contributed by atoms with Gasteiger partial charge in [0.05, 0.1) is 26.4 Å². The molecule has 17 nitrogen and oxygen atoms in total. The molecule has 0 spiro atoms. The normalized spacial score (nSPS) is 14.2. The highest BCUT2D eigenvalue weighted by Gasteiger charge is 2.30. The number of hydrogen-bond donors (Lipinski definition) is 3. The summed E-state index contributed by atoms with van der Waals surface area (Å²) in [5, 5.41) is 10.6. The first-order valence-corrected chi connectivity index (χ1v) is 44.9. The van der Waals surface area contributed by atoms with Gasteiger partial charge in [0.2, 0.25) is 0 Å². The van der Waals surface area contributed by atoms with Gasteiger partial charge in [-0.2, -0.15) is 0 Å². The Bertz CT molecular complexity index is 1940. The zero-order valence-corrected chi connectivity index (χ0v) is 67.5. The van der Waals surface area contributed by atoms with Gasteiger partial charge in [-0.15, -0.1) is 0 Å². The lowest BCUT2D eigenvalue weighted by molar-refractivity contribution is -0.161. The number of phosphoric acid groups is 2. The van der Waals surface area contributed by atoms with Gasteiger partial charge >= 0.3 is 39.5 Å². The Balaban J connectivity index is 5.17. The van der Waals surface area contributed by atoms with Gasteiger partial charge in [0, 0.05) is 25.7 Å². The first-order chi connectivity index (χ1) is 48.3. The second-order valence-electron chi connectivity index (χ2n) is 30.4. The van der Waals surface area contributed by atoms with E-state index in [-0.39, 0.29) is 25.7 Å². The summed E-state index contributed by atoms with van der Waals surface area (Å²) in [7, 11) is -9.92. The number of unbranched alkanes of at least 4 members (excludes halogenated alkanes) is 46. The van der Waals surface area contributed by atoms with Gasteiger partial charge < -0.3 is 33.8 Å². The van der Waals surface area contributed by atoms with E-state index in [2.05, 4.69) is 48.5 Å². The molecule has 3 N–H and O–H groups in total. The Morgan fingerprint density at radius 2 is 0.510 bits per heavy atom. The minimum atomic E-state index is -4.96. The van der Waals surface area contributed by atoms with E-state index in [4.69, 9.17) is 37.0 Å². The SMILES string of the molecule is CCCCCCCCCCCCCCCCCCCCCCCCC(=O)O[C@H](COC(=O)CCCCCCCCCCCCCCCCCCC(C)C)COP(=O)(O)OC[C@@H](O)COP(=O)(O)OC[C@@H](COC(=O)CCCCCCCCC(C)C)OC(=O)CCCCCCCCC(C)CC. The molecule has 0 saturated heterocycles. The topological polar surface area (TPSA) is 237 Å². The molecule has 3 unspecified atom stereocenters. The molecule has 100 heavy (non-hydrogen) atoms. The highest BCUT2D eigenvalue weighted by atomic mass is 31.2. The molecular formula is C81H158O17P2. The average Bonchev–Trinajstić information content (AvgIpc) is 0.923.